The lowest BCUT2D eigenvalue weighted by atomic mass is 10.0. The molecule has 0 saturated carbocycles. The molecule has 0 aliphatic heterocycles. The fourth-order valence-corrected chi connectivity index (χ4v) is 2.53. The van der Waals surface area contributed by atoms with Crippen molar-refractivity contribution in [1.29, 1.82) is 0 Å². The molecule has 0 aliphatic rings. The van der Waals surface area contributed by atoms with E-state index in [0.717, 1.165) is 24.2 Å². The number of pyridine rings is 1. The van der Waals surface area contributed by atoms with Gasteiger partial charge in [0.15, 0.2) is 0 Å². The Kier molecular flexibility index (Phi) is 5.93. The average Bonchev–Trinajstić information content (AvgIpc) is 2.57. The van der Waals surface area contributed by atoms with E-state index in [1.165, 1.54) is 4.57 Å². The van der Waals surface area contributed by atoms with Crippen LogP contribution in [0.25, 0.3) is 0 Å². The fraction of sp³-hybridized carbons (Fsp3) is 0.368. The highest BCUT2D eigenvalue weighted by molar-refractivity contribution is 5.94. The number of hydrogen-bond acceptors (Lipinski definition) is 3. The highest BCUT2D eigenvalue weighted by Gasteiger charge is 2.18. The van der Waals surface area contributed by atoms with Crippen LogP contribution in [0.15, 0.2) is 47.3 Å². The molecule has 24 heavy (non-hydrogen) atoms. The first-order valence-electron chi connectivity index (χ1n) is 8.07. The van der Waals surface area contributed by atoms with E-state index >= 15 is 0 Å². The molecule has 2 aromatic rings. The summed E-state index contributed by atoms with van der Waals surface area (Å²) in [6.45, 7) is 2.68. The second-order valence-corrected chi connectivity index (χ2v) is 6.28. The Morgan fingerprint density at radius 3 is 2.46 bits per heavy atom. The lowest BCUT2D eigenvalue weighted by Gasteiger charge is -2.21. The smallest absolute Gasteiger partial charge is 0.263 e. The number of nitrogens with one attached hydrogen (secondary N) is 1. The van der Waals surface area contributed by atoms with Crippen LogP contribution in [0.3, 0.4) is 0 Å². The first-order valence-corrected chi connectivity index (χ1v) is 8.07. The maximum absolute atomic E-state index is 12.6. The third-order valence-corrected chi connectivity index (χ3v) is 4.17. The molecule has 0 unspecified atom stereocenters. The first-order chi connectivity index (χ1) is 11.4. The van der Waals surface area contributed by atoms with Crippen molar-refractivity contribution in [1.82, 2.24) is 14.8 Å². The highest BCUT2D eigenvalue weighted by Crippen LogP contribution is 2.17. The molecule has 0 aliphatic carbocycles. The summed E-state index contributed by atoms with van der Waals surface area (Å²) in [7, 11) is 5.67. The first kappa shape index (κ1) is 17.9. The van der Waals surface area contributed by atoms with Crippen molar-refractivity contribution in [2.75, 3.05) is 20.6 Å². The van der Waals surface area contributed by atoms with Gasteiger partial charge in [0.2, 0.25) is 0 Å². The van der Waals surface area contributed by atoms with Crippen LogP contribution in [-0.2, 0) is 7.05 Å². The van der Waals surface area contributed by atoms with Crippen molar-refractivity contribution in [2.24, 2.45) is 7.05 Å². The van der Waals surface area contributed by atoms with Gasteiger partial charge in [-0.25, -0.2) is 0 Å². The zero-order valence-electron chi connectivity index (χ0n) is 14.7. The standard InChI is InChI=1S/C19H25N3O2/c1-14-10-11-16(19(24)22(14)4)18(23)20-17(12-13-21(2)3)15-8-6-5-7-9-15/h5-11,17H,12-13H2,1-4H3,(H,20,23)/t17-/m0/s1. The molecule has 1 heterocycles. The summed E-state index contributed by atoms with van der Waals surface area (Å²) in [4.78, 5) is 27.0. The number of hydrogen-bond donors (Lipinski definition) is 1. The molecule has 5 heteroatoms. The van der Waals surface area contributed by atoms with E-state index < -0.39 is 0 Å². The van der Waals surface area contributed by atoms with Crippen LogP contribution in [0.1, 0.15) is 34.1 Å². The van der Waals surface area contributed by atoms with E-state index in [1.54, 1.807) is 19.2 Å². The largest absolute Gasteiger partial charge is 0.345 e. The van der Waals surface area contributed by atoms with E-state index in [0.29, 0.717) is 0 Å². The molecule has 5 nitrogen and oxygen atoms in total. The molecule has 0 saturated heterocycles. The number of nitrogens with zero attached hydrogens (tertiary/aromatic N) is 2. The minimum absolute atomic E-state index is 0.132. The van der Waals surface area contributed by atoms with E-state index in [9.17, 15) is 9.59 Å². The Morgan fingerprint density at radius 2 is 1.83 bits per heavy atom. The van der Waals surface area contributed by atoms with E-state index in [-0.39, 0.29) is 23.1 Å². The van der Waals surface area contributed by atoms with Gasteiger partial charge in [0, 0.05) is 12.7 Å². The molecule has 2 rings (SSSR count). The van der Waals surface area contributed by atoms with Crippen LogP contribution in [0.2, 0.25) is 0 Å². The Hall–Kier alpha value is -2.40. The summed E-state index contributed by atoms with van der Waals surface area (Å²) in [6.07, 6.45) is 0.773. The third kappa shape index (κ3) is 4.32. The minimum atomic E-state index is -0.330. The Morgan fingerprint density at radius 1 is 1.17 bits per heavy atom. The van der Waals surface area contributed by atoms with Crippen LogP contribution >= 0.6 is 0 Å². The minimum Gasteiger partial charge on any atom is -0.345 e. The molecule has 0 radical (unpaired) electrons. The molecule has 1 atom stereocenters. The highest BCUT2D eigenvalue weighted by atomic mass is 16.2. The van der Waals surface area contributed by atoms with Crippen molar-refractivity contribution >= 4 is 5.91 Å². The monoisotopic (exact) mass is 327 g/mol. The predicted molar refractivity (Wildman–Crippen MR) is 96.2 cm³/mol. The predicted octanol–water partition coefficient (Wildman–Crippen LogP) is 2.12. The number of aryl methyl sites for hydroxylation is 1. The van der Waals surface area contributed by atoms with Gasteiger partial charge in [-0.1, -0.05) is 30.3 Å². The molecule has 1 amide bonds. The van der Waals surface area contributed by atoms with Crippen LogP contribution in [0.5, 0.6) is 0 Å². The number of amides is 1. The maximum Gasteiger partial charge on any atom is 0.263 e. The van der Waals surface area contributed by atoms with Gasteiger partial charge < -0.3 is 14.8 Å². The van der Waals surface area contributed by atoms with Crippen molar-refractivity contribution in [3.05, 3.63) is 69.6 Å². The van der Waals surface area contributed by atoms with Gasteiger partial charge >= 0.3 is 0 Å². The molecule has 0 bridgehead atoms. The Balaban J connectivity index is 2.24. The summed E-state index contributed by atoms with van der Waals surface area (Å²) in [6, 6.07) is 13.1. The molecule has 1 aromatic carbocycles. The maximum atomic E-state index is 12.6. The molecule has 0 spiro atoms. The SMILES string of the molecule is Cc1ccc(C(=O)N[C@@H](CCN(C)C)c2ccccc2)c(=O)n1C. The number of benzene rings is 1. The number of rotatable bonds is 6. The molecule has 0 fully saturated rings. The van der Waals surface area contributed by atoms with Crippen molar-refractivity contribution in [2.45, 2.75) is 19.4 Å². The van der Waals surface area contributed by atoms with Gasteiger partial charge in [-0.2, -0.15) is 0 Å². The van der Waals surface area contributed by atoms with Crippen molar-refractivity contribution < 1.29 is 4.79 Å². The summed E-state index contributed by atoms with van der Waals surface area (Å²) in [5.41, 5.74) is 1.77. The van der Waals surface area contributed by atoms with Crippen molar-refractivity contribution in [3.63, 3.8) is 0 Å². The lowest BCUT2D eigenvalue weighted by molar-refractivity contribution is 0.0930. The van der Waals surface area contributed by atoms with E-state index in [4.69, 9.17) is 0 Å². The quantitative estimate of drug-likeness (QED) is 0.884. The summed E-state index contributed by atoms with van der Waals surface area (Å²) in [5, 5.41) is 3.01. The third-order valence-electron chi connectivity index (χ3n) is 4.17. The van der Waals surface area contributed by atoms with Gasteiger partial charge in [0.05, 0.1) is 6.04 Å². The van der Waals surface area contributed by atoms with Gasteiger partial charge in [-0.05, 0) is 51.7 Å². The second-order valence-electron chi connectivity index (χ2n) is 6.28. The van der Waals surface area contributed by atoms with Gasteiger partial charge in [-0.15, -0.1) is 0 Å². The molecule has 128 valence electrons. The van der Waals surface area contributed by atoms with Gasteiger partial charge in [0.25, 0.3) is 11.5 Å². The topological polar surface area (TPSA) is 54.3 Å². The Labute approximate surface area is 142 Å². The Bertz CT molecular complexity index is 751. The van der Waals surface area contributed by atoms with Gasteiger partial charge in [0.1, 0.15) is 5.56 Å². The van der Waals surface area contributed by atoms with Crippen molar-refractivity contribution in [3.8, 4) is 0 Å². The van der Waals surface area contributed by atoms with Crippen LogP contribution < -0.4 is 10.9 Å². The van der Waals surface area contributed by atoms with E-state index in [1.807, 2.05) is 51.4 Å². The zero-order valence-corrected chi connectivity index (χ0v) is 14.7. The zero-order chi connectivity index (χ0) is 17.7. The average molecular weight is 327 g/mol. The summed E-state index contributed by atoms with van der Waals surface area (Å²) >= 11 is 0. The van der Waals surface area contributed by atoms with Crippen LogP contribution in [0.4, 0.5) is 0 Å². The van der Waals surface area contributed by atoms with Crippen LogP contribution in [0, 0.1) is 6.92 Å². The number of carbonyl (C=O) groups excluding carboxylic acids is 1. The molecule has 1 N–H and O–H groups in total. The second kappa shape index (κ2) is 7.93. The molecule has 1 aromatic heterocycles. The van der Waals surface area contributed by atoms with E-state index in [2.05, 4.69) is 10.2 Å². The number of carbonyl (C=O) groups is 1. The normalized spacial score (nSPS) is 12.2. The molecular weight excluding hydrogens is 302 g/mol. The van der Waals surface area contributed by atoms with Crippen LogP contribution in [-0.4, -0.2) is 36.0 Å². The summed E-state index contributed by atoms with van der Waals surface area (Å²) < 4.78 is 1.49. The molecular formula is C19H25N3O2. The lowest BCUT2D eigenvalue weighted by Crippen LogP contribution is -2.36. The fourth-order valence-electron chi connectivity index (χ4n) is 2.53. The summed E-state index contributed by atoms with van der Waals surface area (Å²) in [5.74, 6) is -0.330. The van der Waals surface area contributed by atoms with Gasteiger partial charge in [-0.3, -0.25) is 9.59 Å². The number of aromatic nitrogens is 1.